The minimum atomic E-state index is -4.35. The fourth-order valence-electron chi connectivity index (χ4n) is 2.93. The van der Waals surface area contributed by atoms with Gasteiger partial charge < -0.3 is 9.42 Å². The lowest BCUT2D eigenvalue weighted by Gasteiger charge is -2.36. The Bertz CT molecular complexity index is 716. The monoisotopic (exact) mass is 354 g/mol. The highest BCUT2D eigenvalue weighted by Crippen LogP contribution is 2.29. The first-order valence-corrected chi connectivity index (χ1v) is 8.21. The van der Waals surface area contributed by atoms with Crippen LogP contribution in [0.2, 0.25) is 0 Å². The van der Waals surface area contributed by atoms with Gasteiger partial charge in [-0.15, -0.1) is 0 Å². The predicted molar refractivity (Wildman–Crippen MR) is 85.9 cm³/mol. The minimum Gasteiger partial charge on any atom is -0.338 e. The first-order chi connectivity index (χ1) is 11.8. The number of nitrogens with zero attached hydrogens (tertiary/aromatic N) is 4. The lowest BCUT2D eigenvalue weighted by molar-refractivity contribution is -0.137. The van der Waals surface area contributed by atoms with Gasteiger partial charge in [0.05, 0.1) is 12.1 Å². The second-order valence-electron chi connectivity index (χ2n) is 6.54. The molecule has 5 nitrogen and oxygen atoms in total. The van der Waals surface area contributed by atoms with E-state index >= 15 is 0 Å². The van der Waals surface area contributed by atoms with Gasteiger partial charge in [-0.3, -0.25) is 4.90 Å². The molecule has 0 amide bonds. The van der Waals surface area contributed by atoms with Crippen LogP contribution >= 0.6 is 0 Å². The third kappa shape index (κ3) is 4.58. The number of hydrogen-bond acceptors (Lipinski definition) is 5. The van der Waals surface area contributed by atoms with Crippen LogP contribution in [0, 0.1) is 0 Å². The van der Waals surface area contributed by atoms with Gasteiger partial charge in [-0.1, -0.05) is 23.4 Å². The summed E-state index contributed by atoms with van der Waals surface area (Å²) >= 11 is 0. The molecule has 0 saturated carbocycles. The molecule has 1 aliphatic rings. The van der Waals surface area contributed by atoms with Gasteiger partial charge in [0.2, 0.25) is 5.89 Å². The van der Waals surface area contributed by atoms with Crippen LogP contribution in [0.4, 0.5) is 13.2 Å². The summed E-state index contributed by atoms with van der Waals surface area (Å²) in [6.45, 7) is 5.55. The number of likely N-dealkylation sites (N-methyl/N-ethyl adjacent to an activating group) is 1. The van der Waals surface area contributed by atoms with E-state index in [1.54, 1.807) is 6.07 Å². The lowest BCUT2D eigenvalue weighted by atomic mass is 10.1. The van der Waals surface area contributed by atoms with E-state index in [1.807, 2.05) is 0 Å². The highest BCUT2D eigenvalue weighted by molar-refractivity contribution is 5.27. The van der Waals surface area contributed by atoms with Gasteiger partial charge in [-0.2, -0.15) is 18.2 Å². The Morgan fingerprint density at radius 2 is 2.08 bits per heavy atom. The van der Waals surface area contributed by atoms with E-state index < -0.39 is 11.7 Å². The maximum atomic E-state index is 12.8. The summed E-state index contributed by atoms with van der Waals surface area (Å²) < 4.78 is 43.6. The molecule has 1 saturated heterocycles. The van der Waals surface area contributed by atoms with E-state index in [9.17, 15) is 13.2 Å². The van der Waals surface area contributed by atoms with Crippen molar-refractivity contribution in [2.24, 2.45) is 0 Å². The predicted octanol–water partition coefficient (Wildman–Crippen LogP) is 2.82. The standard InChI is InChI=1S/C17H21F3N4O/c1-12-10-24(7-6-23(12)2)11-16-21-15(22-25-16)9-13-4-3-5-14(8-13)17(18,19)20/h3-5,8,12H,6-7,9-11H2,1-2H3. The summed E-state index contributed by atoms with van der Waals surface area (Å²) in [5.41, 5.74) is -0.157. The second-order valence-corrected chi connectivity index (χ2v) is 6.54. The average Bonchev–Trinajstić information content (AvgIpc) is 2.97. The largest absolute Gasteiger partial charge is 0.416 e. The Morgan fingerprint density at radius 1 is 1.28 bits per heavy atom. The molecule has 2 heterocycles. The fraction of sp³-hybridized carbons (Fsp3) is 0.529. The van der Waals surface area contributed by atoms with Crippen LogP contribution in [0.1, 0.15) is 29.8 Å². The average molecular weight is 354 g/mol. The SMILES string of the molecule is CC1CN(Cc2nc(Cc3cccc(C(F)(F)F)c3)no2)CCN1C. The van der Waals surface area contributed by atoms with E-state index in [0.29, 0.717) is 29.9 Å². The van der Waals surface area contributed by atoms with Crippen molar-refractivity contribution in [2.45, 2.75) is 32.1 Å². The van der Waals surface area contributed by atoms with Crippen molar-refractivity contribution in [1.29, 1.82) is 0 Å². The zero-order valence-electron chi connectivity index (χ0n) is 14.3. The summed E-state index contributed by atoms with van der Waals surface area (Å²) in [6.07, 6.45) is -4.14. The molecule has 0 radical (unpaired) electrons. The third-order valence-electron chi connectivity index (χ3n) is 4.53. The molecular weight excluding hydrogens is 333 g/mol. The van der Waals surface area contributed by atoms with Crippen molar-refractivity contribution in [3.8, 4) is 0 Å². The lowest BCUT2D eigenvalue weighted by Crippen LogP contribution is -2.49. The van der Waals surface area contributed by atoms with Crippen LogP contribution in [0.15, 0.2) is 28.8 Å². The van der Waals surface area contributed by atoms with Crippen LogP contribution in [-0.2, 0) is 19.1 Å². The van der Waals surface area contributed by atoms with Gasteiger partial charge in [0, 0.05) is 32.1 Å². The maximum Gasteiger partial charge on any atom is 0.416 e. The molecular formula is C17H21F3N4O. The van der Waals surface area contributed by atoms with Gasteiger partial charge in [0.15, 0.2) is 5.82 Å². The molecule has 0 spiro atoms. The maximum absolute atomic E-state index is 12.8. The van der Waals surface area contributed by atoms with Crippen molar-refractivity contribution in [3.63, 3.8) is 0 Å². The summed E-state index contributed by atoms with van der Waals surface area (Å²) in [5, 5.41) is 3.90. The molecule has 1 fully saturated rings. The van der Waals surface area contributed by atoms with Crippen molar-refractivity contribution in [1.82, 2.24) is 19.9 Å². The minimum absolute atomic E-state index is 0.215. The van der Waals surface area contributed by atoms with Gasteiger partial charge in [0.25, 0.3) is 0 Å². The molecule has 1 unspecified atom stereocenters. The number of aromatic nitrogens is 2. The highest BCUT2D eigenvalue weighted by atomic mass is 19.4. The van der Waals surface area contributed by atoms with Crippen LogP contribution in [0.5, 0.6) is 0 Å². The smallest absolute Gasteiger partial charge is 0.338 e. The first kappa shape index (κ1) is 17.9. The highest BCUT2D eigenvalue weighted by Gasteiger charge is 2.30. The zero-order valence-corrected chi connectivity index (χ0v) is 14.3. The normalized spacial score (nSPS) is 20.1. The zero-order chi connectivity index (χ0) is 18.0. The second kappa shape index (κ2) is 7.13. The van der Waals surface area contributed by atoms with Gasteiger partial charge in [-0.05, 0) is 25.6 Å². The molecule has 1 aromatic heterocycles. The Hall–Kier alpha value is -1.93. The van der Waals surface area contributed by atoms with Gasteiger partial charge in [-0.25, -0.2) is 0 Å². The van der Waals surface area contributed by atoms with Crippen LogP contribution < -0.4 is 0 Å². The molecule has 136 valence electrons. The molecule has 3 rings (SSSR count). The Morgan fingerprint density at radius 3 is 2.80 bits per heavy atom. The molecule has 25 heavy (non-hydrogen) atoms. The van der Waals surface area contributed by atoms with E-state index in [4.69, 9.17) is 4.52 Å². The summed E-state index contributed by atoms with van der Waals surface area (Å²) in [7, 11) is 2.10. The Kier molecular flexibility index (Phi) is 5.10. The molecule has 1 aromatic carbocycles. The van der Waals surface area contributed by atoms with Crippen molar-refractivity contribution >= 4 is 0 Å². The summed E-state index contributed by atoms with van der Waals surface area (Å²) in [6, 6.07) is 5.66. The summed E-state index contributed by atoms with van der Waals surface area (Å²) in [5.74, 6) is 0.898. The Labute approximate surface area is 144 Å². The number of alkyl halides is 3. The third-order valence-corrected chi connectivity index (χ3v) is 4.53. The van der Waals surface area contributed by atoms with Gasteiger partial charge >= 0.3 is 6.18 Å². The van der Waals surface area contributed by atoms with Crippen molar-refractivity contribution in [3.05, 3.63) is 47.1 Å². The fourth-order valence-corrected chi connectivity index (χ4v) is 2.93. The van der Waals surface area contributed by atoms with E-state index in [0.717, 1.165) is 31.8 Å². The van der Waals surface area contributed by atoms with Gasteiger partial charge in [0.1, 0.15) is 0 Å². The van der Waals surface area contributed by atoms with E-state index in [-0.39, 0.29) is 6.42 Å². The van der Waals surface area contributed by atoms with Crippen LogP contribution in [-0.4, -0.2) is 52.7 Å². The molecule has 0 bridgehead atoms. The topological polar surface area (TPSA) is 45.4 Å². The number of rotatable bonds is 4. The Balaban J connectivity index is 1.62. The number of hydrogen-bond donors (Lipinski definition) is 0. The molecule has 1 atom stereocenters. The number of benzene rings is 1. The quantitative estimate of drug-likeness (QED) is 0.845. The molecule has 8 heteroatoms. The number of halogens is 3. The molecule has 0 N–H and O–H groups in total. The van der Waals surface area contributed by atoms with Crippen molar-refractivity contribution in [2.75, 3.05) is 26.7 Å². The number of piperazine rings is 1. The van der Waals surface area contributed by atoms with E-state index in [1.165, 1.54) is 6.07 Å². The van der Waals surface area contributed by atoms with Crippen LogP contribution in [0.3, 0.4) is 0 Å². The molecule has 0 aliphatic carbocycles. The van der Waals surface area contributed by atoms with Crippen LogP contribution in [0.25, 0.3) is 0 Å². The first-order valence-electron chi connectivity index (χ1n) is 8.21. The van der Waals surface area contributed by atoms with Crippen molar-refractivity contribution < 1.29 is 17.7 Å². The molecule has 1 aliphatic heterocycles. The summed E-state index contributed by atoms with van der Waals surface area (Å²) in [4.78, 5) is 8.86. The molecule has 2 aromatic rings. The van der Waals surface area contributed by atoms with E-state index in [2.05, 4.69) is 33.9 Å².